The SMILES string of the molecule is CCC/C=C/COc1cnc(-c2ccc(C#N)cc2)nc1. The Morgan fingerprint density at radius 1 is 1.14 bits per heavy atom. The number of nitriles is 1. The smallest absolute Gasteiger partial charge is 0.159 e. The topological polar surface area (TPSA) is 58.8 Å². The Morgan fingerprint density at radius 2 is 1.86 bits per heavy atom. The van der Waals surface area contributed by atoms with Crippen molar-refractivity contribution in [2.45, 2.75) is 19.8 Å². The van der Waals surface area contributed by atoms with Gasteiger partial charge in [0.1, 0.15) is 6.61 Å². The number of ether oxygens (including phenoxy) is 1. The Morgan fingerprint density at radius 3 is 2.48 bits per heavy atom. The third-order valence-electron chi connectivity index (χ3n) is 2.87. The first-order chi connectivity index (χ1) is 10.3. The number of rotatable bonds is 6. The zero-order valence-electron chi connectivity index (χ0n) is 12.0. The quantitative estimate of drug-likeness (QED) is 0.755. The fourth-order valence-corrected chi connectivity index (χ4v) is 1.73. The van der Waals surface area contributed by atoms with Gasteiger partial charge in [0.05, 0.1) is 24.0 Å². The van der Waals surface area contributed by atoms with Crippen LogP contribution in [0, 0.1) is 11.3 Å². The molecule has 0 saturated carbocycles. The molecule has 0 radical (unpaired) electrons. The number of aromatic nitrogens is 2. The first kappa shape index (κ1) is 14.7. The van der Waals surface area contributed by atoms with Gasteiger partial charge in [-0.1, -0.05) is 25.5 Å². The van der Waals surface area contributed by atoms with Gasteiger partial charge in [-0.15, -0.1) is 0 Å². The number of allylic oxidation sites excluding steroid dienone is 1. The lowest BCUT2D eigenvalue weighted by atomic mass is 10.1. The second-order valence-electron chi connectivity index (χ2n) is 4.50. The van der Waals surface area contributed by atoms with E-state index >= 15 is 0 Å². The summed E-state index contributed by atoms with van der Waals surface area (Å²) in [5, 5.41) is 8.77. The van der Waals surface area contributed by atoms with Crippen LogP contribution in [-0.4, -0.2) is 16.6 Å². The molecule has 1 aromatic carbocycles. The summed E-state index contributed by atoms with van der Waals surface area (Å²) in [6, 6.07) is 9.26. The van der Waals surface area contributed by atoms with Gasteiger partial charge in [0, 0.05) is 5.56 Å². The standard InChI is InChI=1S/C17H17N3O/c1-2-3-4-5-10-21-16-12-19-17(20-13-16)15-8-6-14(11-18)7-9-15/h4-9,12-13H,2-3,10H2,1H3/b5-4+. The van der Waals surface area contributed by atoms with E-state index in [0.29, 0.717) is 23.7 Å². The average molecular weight is 279 g/mol. The van der Waals surface area contributed by atoms with Gasteiger partial charge in [0.2, 0.25) is 0 Å². The van der Waals surface area contributed by atoms with Crippen molar-refractivity contribution in [1.29, 1.82) is 5.26 Å². The van der Waals surface area contributed by atoms with Crippen molar-refractivity contribution in [3.8, 4) is 23.2 Å². The maximum absolute atomic E-state index is 8.77. The van der Waals surface area contributed by atoms with Crippen LogP contribution in [0.4, 0.5) is 0 Å². The molecule has 2 aromatic rings. The molecular weight excluding hydrogens is 262 g/mol. The molecule has 2 rings (SSSR count). The van der Waals surface area contributed by atoms with Crippen LogP contribution in [-0.2, 0) is 0 Å². The first-order valence-corrected chi connectivity index (χ1v) is 6.94. The number of hydrogen-bond donors (Lipinski definition) is 0. The van der Waals surface area contributed by atoms with Crippen LogP contribution >= 0.6 is 0 Å². The summed E-state index contributed by atoms with van der Waals surface area (Å²) in [6.45, 7) is 2.67. The molecule has 0 spiro atoms. The highest BCUT2D eigenvalue weighted by atomic mass is 16.5. The van der Waals surface area contributed by atoms with Gasteiger partial charge in [0.25, 0.3) is 0 Å². The molecular formula is C17H17N3O. The van der Waals surface area contributed by atoms with Gasteiger partial charge < -0.3 is 4.74 Å². The lowest BCUT2D eigenvalue weighted by molar-refractivity contribution is 0.359. The first-order valence-electron chi connectivity index (χ1n) is 6.94. The van der Waals surface area contributed by atoms with E-state index in [1.54, 1.807) is 24.5 Å². The van der Waals surface area contributed by atoms with E-state index < -0.39 is 0 Å². The molecule has 1 aromatic heterocycles. The predicted molar refractivity (Wildman–Crippen MR) is 81.7 cm³/mol. The second-order valence-corrected chi connectivity index (χ2v) is 4.50. The maximum Gasteiger partial charge on any atom is 0.159 e. The van der Waals surface area contributed by atoms with Crippen LogP contribution in [0.15, 0.2) is 48.8 Å². The van der Waals surface area contributed by atoms with Gasteiger partial charge in [-0.2, -0.15) is 5.26 Å². The molecule has 0 aliphatic carbocycles. The third-order valence-corrected chi connectivity index (χ3v) is 2.87. The predicted octanol–water partition coefficient (Wildman–Crippen LogP) is 3.75. The molecule has 0 unspecified atom stereocenters. The Kier molecular flexibility index (Phi) is 5.48. The van der Waals surface area contributed by atoms with E-state index in [9.17, 15) is 0 Å². The number of hydrogen-bond acceptors (Lipinski definition) is 4. The zero-order valence-corrected chi connectivity index (χ0v) is 12.0. The molecule has 0 aliphatic rings. The average Bonchev–Trinajstić information content (AvgIpc) is 2.55. The largest absolute Gasteiger partial charge is 0.486 e. The molecule has 106 valence electrons. The third kappa shape index (κ3) is 4.43. The van der Waals surface area contributed by atoms with E-state index in [0.717, 1.165) is 18.4 Å². The monoisotopic (exact) mass is 279 g/mol. The number of unbranched alkanes of at least 4 members (excludes halogenated alkanes) is 1. The van der Waals surface area contributed by atoms with Crippen LogP contribution in [0.25, 0.3) is 11.4 Å². The van der Waals surface area contributed by atoms with Crippen molar-refractivity contribution in [3.63, 3.8) is 0 Å². The van der Waals surface area contributed by atoms with Crippen molar-refractivity contribution in [2.24, 2.45) is 0 Å². The molecule has 4 heteroatoms. The van der Waals surface area contributed by atoms with E-state index in [2.05, 4.69) is 29.0 Å². The fourth-order valence-electron chi connectivity index (χ4n) is 1.73. The van der Waals surface area contributed by atoms with Gasteiger partial charge in [0.15, 0.2) is 11.6 Å². The lowest BCUT2D eigenvalue weighted by Gasteiger charge is -2.04. The molecule has 0 aliphatic heterocycles. The van der Waals surface area contributed by atoms with Gasteiger partial charge in [-0.3, -0.25) is 0 Å². The highest BCUT2D eigenvalue weighted by molar-refractivity contribution is 5.56. The number of nitrogens with zero attached hydrogens (tertiary/aromatic N) is 3. The van der Waals surface area contributed by atoms with E-state index in [4.69, 9.17) is 10.00 Å². The van der Waals surface area contributed by atoms with Crippen molar-refractivity contribution in [1.82, 2.24) is 9.97 Å². The minimum absolute atomic E-state index is 0.527. The highest BCUT2D eigenvalue weighted by Crippen LogP contribution is 2.17. The maximum atomic E-state index is 8.77. The molecule has 0 atom stereocenters. The van der Waals surface area contributed by atoms with E-state index in [-0.39, 0.29) is 0 Å². The Balaban J connectivity index is 1.96. The molecule has 0 amide bonds. The van der Waals surface area contributed by atoms with Crippen LogP contribution in [0.2, 0.25) is 0 Å². The van der Waals surface area contributed by atoms with E-state index in [1.165, 1.54) is 0 Å². The fraction of sp³-hybridized carbons (Fsp3) is 0.235. The molecule has 0 N–H and O–H groups in total. The Bertz CT molecular complexity index is 625. The minimum atomic E-state index is 0.527. The van der Waals surface area contributed by atoms with Gasteiger partial charge >= 0.3 is 0 Å². The van der Waals surface area contributed by atoms with Crippen LogP contribution in [0.3, 0.4) is 0 Å². The summed E-state index contributed by atoms with van der Waals surface area (Å²) < 4.78 is 5.53. The van der Waals surface area contributed by atoms with Crippen LogP contribution in [0.1, 0.15) is 25.3 Å². The normalized spacial score (nSPS) is 10.5. The summed E-state index contributed by atoms with van der Waals surface area (Å²) in [6.07, 6.45) is 9.63. The summed E-state index contributed by atoms with van der Waals surface area (Å²) in [5.41, 5.74) is 1.50. The van der Waals surface area contributed by atoms with Crippen molar-refractivity contribution >= 4 is 0 Å². The second kappa shape index (κ2) is 7.81. The van der Waals surface area contributed by atoms with E-state index in [1.807, 2.05) is 18.2 Å². The molecule has 0 saturated heterocycles. The summed E-state index contributed by atoms with van der Waals surface area (Å²) in [5.74, 6) is 1.27. The van der Waals surface area contributed by atoms with Gasteiger partial charge in [-0.05, 0) is 30.7 Å². The molecule has 0 bridgehead atoms. The Labute approximate surface area is 124 Å². The van der Waals surface area contributed by atoms with Crippen LogP contribution < -0.4 is 4.74 Å². The lowest BCUT2D eigenvalue weighted by Crippen LogP contribution is -1.96. The van der Waals surface area contributed by atoms with Gasteiger partial charge in [-0.25, -0.2) is 9.97 Å². The zero-order chi connectivity index (χ0) is 14.9. The van der Waals surface area contributed by atoms with Crippen molar-refractivity contribution in [3.05, 3.63) is 54.4 Å². The molecule has 4 nitrogen and oxygen atoms in total. The highest BCUT2D eigenvalue weighted by Gasteiger charge is 2.02. The molecule has 0 fully saturated rings. The summed E-state index contributed by atoms with van der Waals surface area (Å²) in [7, 11) is 0. The number of benzene rings is 1. The molecule has 21 heavy (non-hydrogen) atoms. The summed E-state index contributed by atoms with van der Waals surface area (Å²) >= 11 is 0. The summed E-state index contributed by atoms with van der Waals surface area (Å²) in [4.78, 5) is 8.55. The van der Waals surface area contributed by atoms with Crippen molar-refractivity contribution in [2.75, 3.05) is 6.61 Å². The molecule has 1 heterocycles. The Hall–Kier alpha value is -2.67. The minimum Gasteiger partial charge on any atom is -0.486 e. The van der Waals surface area contributed by atoms with Crippen molar-refractivity contribution < 1.29 is 4.74 Å². The van der Waals surface area contributed by atoms with Crippen LogP contribution in [0.5, 0.6) is 5.75 Å².